The zero-order chi connectivity index (χ0) is 18.8. The van der Waals surface area contributed by atoms with E-state index in [-0.39, 0.29) is 11.9 Å². The molecule has 0 spiro atoms. The van der Waals surface area contributed by atoms with Gasteiger partial charge in [0.25, 0.3) is 5.91 Å². The summed E-state index contributed by atoms with van der Waals surface area (Å²) in [6.45, 7) is 0.701. The Hall–Kier alpha value is -2.93. The summed E-state index contributed by atoms with van der Waals surface area (Å²) in [6, 6.07) is 14.3. The first kappa shape index (κ1) is 17.5. The fourth-order valence-corrected chi connectivity index (χ4v) is 4.62. The van der Waals surface area contributed by atoms with E-state index in [1.54, 1.807) is 35.6 Å². The number of carbonyl (C=O) groups excluding carboxylic acids is 2. The predicted molar refractivity (Wildman–Crippen MR) is 107 cm³/mol. The molecule has 1 aromatic heterocycles. The van der Waals surface area contributed by atoms with Crippen LogP contribution in [-0.4, -0.2) is 28.4 Å². The van der Waals surface area contributed by atoms with Crippen LogP contribution < -0.4 is 11.1 Å². The second kappa shape index (κ2) is 7.36. The summed E-state index contributed by atoms with van der Waals surface area (Å²) in [5.41, 5.74) is 7.20. The number of nitrogens with two attached hydrogens (primary N) is 1. The van der Waals surface area contributed by atoms with Crippen molar-refractivity contribution in [1.82, 2.24) is 9.88 Å². The van der Waals surface area contributed by atoms with Crippen molar-refractivity contribution in [1.29, 1.82) is 0 Å². The van der Waals surface area contributed by atoms with E-state index in [0.717, 1.165) is 34.5 Å². The maximum atomic E-state index is 13.2. The van der Waals surface area contributed by atoms with Gasteiger partial charge in [0.1, 0.15) is 5.01 Å². The number of hydrogen-bond donors (Lipinski definition) is 2. The van der Waals surface area contributed by atoms with Crippen LogP contribution in [-0.2, 0) is 0 Å². The number of benzene rings is 2. The zero-order valence-corrected chi connectivity index (χ0v) is 15.5. The summed E-state index contributed by atoms with van der Waals surface area (Å²) in [6.07, 6.45) is 2.96. The molecular weight excluding hydrogens is 360 g/mol. The minimum atomic E-state index is -0.648. The molecule has 3 aromatic rings. The van der Waals surface area contributed by atoms with Gasteiger partial charge in [0.2, 0.25) is 0 Å². The van der Waals surface area contributed by atoms with Crippen molar-refractivity contribution in [2.24, 2.45) is 5.73 Å². The Bertz CT molecular complexity index is 967. The molecule has 2 aromatic carbocycles. The van der Waals surface area contributed by atoms with Gasteiger partial charge in [0, 0.05) is 17.8 Å². The molecule has 27 heavy (non-hydrogen) atoms. The fourth-order valence-electron chi connectivity index (χ4n) is 3.50. The zero-order valence-electron chi connectivity index (χ0n) is 14.7. The summed E-state index contributed by atoms with van der Waals surface area (Å²) in [7, 11) is 0. The molecule has 0 saturated carbocycles. The highest BCUT2D eigenvalue weighted by Crippen LogP contribution is 2.36. The molecule has 3 N–H and O–H groups in total. The van der Waals surface area contributed by atoms with Gasteiger partial charge in [-0.05, 0) is 49.6 Å². The predicted octanol–water partition coefficient (Wildman–Crippen LogP) is 4.15. The van der Waals surface area contributed by atoms with E-state index in [4.69, 9.17) is 10.7 Å². The van der Waals surface area contributed by atoms with Crippen LogP contribution in [0.3, 0.4) is 0 Å². The molecule has 7 heteroatoms. The van der Waals surface area contributed by atoms with Crippen LogP contribution >= 0.6 is 11.3 Å². The van der Waals surface area contributed by atoms with Gasteiger partial charge < -0.3 is 16.0 Å². The monoisotopic (exact) mass is 380 g/mol. The van der Waals surface area contributed by atoms with Gasteiger partial charge in [-0.25, -0.2) is 9.78 Å². The Labute approximate surface area is 161 Å². The van der Waals surface area contributed by atoms with Gasteiger partial charge in [-0.3, -0.25) is 4.79 Å². The molecule has 138 valence electrons. The number of nitrogens with zero attached hydrogens (tertiary/aromatic N) is 2. The lowest BCUT2D eigenvalue weighted by atomic mass is 10.0. The first-order valence-electron chi connectivity index (χ1n) is 8.95. The number of carbonyl (C=O) groups is 2. The van der Waals surface area contributed by atoms with E-state index >= 15 is 0 Å². The number of nitrogens with one attached hydrogen (secondary N) is 1. The molecule has 2 heterocycles. The highest BCUT2D eigenvalue weighted by atomic mass is 32.1. The van der Waals surface area contributed by atoms with Crippen molar-refractivity contribution >= 4 is 39.2 Å². The number of primary amides is 1. The number of thiazole rings is 1. The number of fused-ring (bicyclic) bond motifs is 1. The molecule has 1 fully saturated rings. The smallest absolute Gasteiger partial charge is 0.316 e. The molecule has 3 amide bonds. The lowest BCUT2D eigenvalue weighted by Gasteiger charge is -2.34. The Kier molecular flexibility index (Phi) is 4.77. The molecule has 1 aliphatic rings. The van der Waals surface area contributed by atoms with Crippen molar-refractivity contribution in [2.75, 3.05) is 11.9 Å². The second-order valence-electron chi connectivity index (χ2n) is 6.60. The lowest BCUT2D eigenvalue weighted by Crippen LogP contribution is -2.38. The van der Waals surface area contributed by atoms with E-state index in [1.165, 1.54) is 0 Å². The third kappa shape index (κ3) is 3.64. The standard InChI is InChI=1S/C20H20N4O2S/c21-20(26)22-14-7-5-6-13(12-14)19(25)24-11-4-3-9-16(24)18-23-15-8-1-2-10-17(15)27-18/h1-2,5-8,10,12,16H,3-4,9,11H2,(H3,21,22,26)/t16-/m0/s1. The summed E-state index contributed by atoms with van der Waals surface area (Å²) in [5.74, 6) is -0.0490. The summed E-state index contributed by atoms with van der Waals surface area (Å²) in [4.78, 5) is 31.0. The highest BCUT2D eigenvalue weighted by molar-refractivity contribution is 7.18. The number of hydrogen-bond acceptors (Lipinski definition) is 4. The third-order valence-corrected chi connectivity index (χ3v) is 5.87. The quantitative estimate of drug-likeness (QED) is 0.715. The van der Waals surface area contributed by atoms with Gasteiger partial charge >= 0.3 is 6.03 Å². The van der Waals surface area contributed by atoms with Crippen molar-refractivity contribution in [3.05, 3.63) is 59.1 Å². The molecular formula is C20H20N4O2S. The minimum Gasteiger partial charge on any atom is -0.351 e. The van der Waals surface area contributed by atoms with Crippen LogP contribution in [0.4, 0.5) is 10.5 Å². The Morgan fingerprint density at radius 3 is 2.81 bits per heavy atom. The van der Waals surface area contributed by atoms with Crippen LogP contribution in [0.15, 0.2) is 48.5 Å². The van der Waals surface area contributed by atoms with E-state index < -0.39 is 6.03 Å². The number of aromatic nitrogens is 1. The number of piperidine rings is 1. The van der Waals surface area contributed by atoms with E-state index in [9.17, 15) is 9.59 Å². The Balaban J connectivity index is 1.64. The summed E-state index contributed by atoms with van der Waals surface area (Å²) in [5, 5.41) is 3.50. The maximum absolute atomic E-state index is 13.2. The molecule has 1 aliphatic heterocycles. The number of para-hydroxylation sites is 1. The van der Waals surface area contributed by atoms with E-state index in [0.29, 0.717) is 17.8 Å². The van der Waals surface area contributed by atoms with Crippen LogP contribution in [0.25, 0.3) is 10.2 Å². The molecule has 4 rings (SSSR count). The van der Waals surface area contributed by atoms with Crippen molar-refractivity contribution in [3.63, 3.8) is 0 Å². The van der Waals surface area contributed by atoms with E-state index in [2.05, 4.69) is 11.4 Å². The SMILES string of the molecule is NC(=O)Nc1cccc(C(=O)N2CCCC[C@H]2c2nc3ccccc3s2)c1. The normalized spacial score (nSPS) is 17.0. The van der Waals surface area contributed by atoms with Crippen molar-refractivity contribution < 1.29 is 9.59 Å². The number of anilines is 1. The van der Waals surface area contributed by atoms with Gasteiger partial charge in [-0.1, -0.05) is 18.2 Å². The first-order chi connectivity index (χ1) is 13.1. The number of rotatable bonds is 3. The topological polar surface area (TPSA) is 88.3 Å². The lowest BCUT2D eigenvalue weighted by molar-refractivity contribution is 0.0611. The number of amides is 3. The Morgan fingerprint density at radius 1 is 1.15 bits per heavy atom. The largest absolute Gasteiger partial charge is 0.351 e. The first-order valence-corrected chi connectivity index (χ1v) is 9.76. The van der Waals surface area contributed by atoms with Crippen LogP contribution in [0, 0.1) is 0 Å². The summed E-state index contributed by atoms with van der Waals surface area (Å²) < 4.78 is 1.14. The number of likely N-dealkylation sites (tertiary alicyclic amines) is 1. The molecule has 1 saturated heterocycles. The minimum absolute atomic E-state index is 0.0172. The van der Waals surface area contributed by atoms with Crippen LogP contribution in [0.2, 0.25) is 0 Å². The van der Waals surface area contributed by atoms with Crippen LogP contribution in [0.5, 0.6) is 0 Å². The maximum Gasteiger partial charge on any atom is 0.316 e. The van der Waals surface area contributed by atoms with Gasteiger partial charge in [0.05, 0.1) is 16.3 Å². The van der Waals surface area contributed by atoms with Crippen molar-refractivity contribution in [2.45, 2.75) is 25.3 Å². The van der Waals surface area contributed by atoms with Crippen molar-refractivity contribution in [3.8, 4) is 0 Å². The molecule has 1 atom stereocenters. The average molecular weight is 380 g/mol. The van der Waals surface area contributed by atoms with Crippen LogP contribution in [0.1, 0.15) is 40.7 Å². The van der Waals surface area contributed by atoms with Gasteiger partial charge in [-0.15, -0.1) is 11.3 Å². The molecule has 0 aliphatic carbocycles. The highest BCUT2D eigenvalue weighted by Gasteiger charge is 2.31. The number of urea groups is 1. The van der Waals surface area contributed by atoms with Gasteiger partial charge in [-0.2, -0.15) is 0 Å². The van der Waals surface area contributed by atoms with E-state index in [1.807, 2.05) is 23.1 Å². The average Bonchev–Trinajstić information content (AvgIpc) is 3.11. The molecule has 6 nitrogen and oxygen atoms in total. The fraction of sp³-hybridized carbons (Fsp3) is 0.250. The molecule has 0 radical (unpaired) electrons. The Morgan fingerprint density at radius 2 is 2.00 bits per heavy atom. The molecule has 0 bridgehead atoms. The third-order valence-electron chi connectivity index (χ3n) is 4.74. The van der Waals surface area contributed by atoms with Gasteiger partial charge in [0.15, 0.2) is 0 Å². The summed E-state index contributed by atoms with van der Waals surface area (Å²) >= 11 is 1.65. The molecule has 0 unspecified atom stereocenters. The second-order valence-corrected chi connectivity index (χ2v) is 7.66.